The van der Waals surface area contributed by atoms with Crippen LogP contribution in [0.1, 0.15) is 0 Å². The predicted molar refractivity (Wildman–Crippen MR) is 35.4 cm³/mol. The molecule has 0 saturated carbocycles. The van der Waals surface area contributed by atoms with E-state index in [1.165, 1.54) is 0 Å². The van der Waals surface area contributed by atoms with Crippen LogP contribution >= 0.6 is 0 Å². The third-order valence-corrected chi connectivity index (χ3v) is 1.67. The van der Waals surface area contributed by atoms with Gasteiger partial charge in [-0.25, -0.2) is 4.89 Å². The van der Waals surface area contributed by atoms with E-state index in [0.29, 0.717) is 13.2 Å². The Hall–Kier alpha value is -0.240. The highest BCUT2D eigenvalue weighted by molar-refractivity contribution is 4.60. The number of morpholine rings is 1. The van der Waals surface area contributed by atoms with Crippen molar-refractivity contribution in [1.29, 1.82) is 0 Å². The summed E-state index contributed by atoms with van der Waals surface area (Å²) >= 11 is 0. The first kappa shape index (κ1) is 9.85. The molecule has 0 bridgehead atoms. The highest BCUT2D eigenvalue weighted by Gasteiger charge is 2.09. The van der Waals surface area contributed by atoms with Crippen LogP contribution in [0.3, 0.4) is 0 Å². The summed E-state index contributed by atoms with van der Waals surface area (Å²) in [6.45, 7) is 4.32. The van der Waals surface area contributed by atoms with Crippen LogP contribution < -0.4 is 5.26 Å². The van der Waals surface area contributed by atoms with E-state index in [2.05, 4.69) is 19.9 Å². The van der Waals surface area contributed by atoms with Crippen LogP contribution in [0, 0.1) is 0 Å². The Balaban J connectivity index is 1.91. The number of nitrogens with zero attached hydrogens (tertiary/aromatic N) is 1. The number of hydrogen-bond acceptors (Lipinski definition) is 6. The second-order valence-corrected chi connectivity index (χ2v) is 2.41. The summed E-state index contributed by atoms with van der Waals surface area (Å²) < 4.78 is 5.14. The highest BCUT2D eigenvalue weighted by Crippen LogP contribution is 1.95. The molecule has 1 aliphatic rings. The molecule has 0 unspecified atom stereocenters. The summed E-state index contributed by atoms with van der Waals surface area (Å²) in [4.78, 5) is 6.52. The van der Waals surface area contributed by atoms with Gasteiger partial charge in [0, 0.05) is 19.6 Å². The van der Waals surface area contributed by atoms with E-state index in [9.17, 15) is 5.26 Å². The van der Waals surface area contributed by atoms with Crippen molar-refractivity contribution in [3.63, 3.8) is 0 Å². The van der Waals surface area contributed by atoms with Crippen LogP contribution in [-0.2, 0) is 19.7 Å². The van der Waals surface area contributed by atoms with Gasteiger partial charge in [-0.2, -0.15) is 0 Å². The zero-order valence-electron chi connectivity index (χ0n) is 6.73. The fourth-order valence-electron chi connectivity index (χ4n) is 1.04. The van der Waals surface area contributed by atoms with Crippen molar-refractivity contribution in [3.05, 3.63) is 0 Å². The number of hydrogen-bond donors (Lipinski definition) is 0. The summed E-state index contributed by atoms with van der Waals surface area (Å²) in [5.41, 5.74) is 0. The van der Waals surface area contributed by atoms with Gasteiger partial charge in [-0.05, 0) is 0 Å². The second-order valence-electron chi connectivity index (χ2n) is 2.41. The first-order valence-electron chi connectivity index (χ1n) is 3.81. The van der Waals surface area contributed by atoms with Gasteiger partial charge < -0.3 is 9.99 Å². The lowest BCUT2D eigenvalue weighted by Crippen LogP contribution is -2.38. The maximum Gasteiger partial charge on any atom is 0.0980 e. The van der Waals surface area contributed by atoms with Gasteiger partial charge in [0.2, 0.25) is 0 Å². The molecule has 0 radical (unpaired) electrons. The largest absolute Gasteiger partial charge is 0.690 e. The van der Waals surface area contributed by atoms with E-state index in [1.54, 1.807) is 0 Å². The van der Waals surface area contributed by atoms with Gasteiger partial charge in [-0.3, -0.25) is 9.94 Å². The topological polar surface area (TPSA) is 63.2 Å². The van der Waals surface area contributed by atoms with Gasteiger partial charge in [0.1, 0.15) is 0 Å². The van der Waals surface area contributed by atoms with Crippen LogP contribution in [-0.4, -0.2) is 44.4 Å². The van der Waals surface area contributed by atoms with Crippen LogP contribution in [0.4, 0.5) is 0 Å². The SMILES string of the molecule is [O-]OOOCCN1CCOCC1. The molecule has 6 heteroatoms. The molecule has 1 heterocycles. The quantitative estimate of drug-likeness (QED) is 0.289. The van der Waals surface area contributed by atoms with Crippen molar-refractivity contribution in [2.75, 3.05) is 39.5 Å². The van der Waals surface area contributed by atoms with E-state index in [0.717, 1.165) is 26.3 Å². The number of ether oxygens (including phenoxy) is 1. The van der Waals surface area contributed by atoms with Crippen molar-refractivity contribution in [2.24, 2.45) is 0 Å². The van der Waals surface area contributed by atoms with Crippen LogP contribution in [0.5, 0.6) is 0 Å². The van der Waals surface area contributed by atoms with Crippen LogP contribution in [0.25, 0.3) is 0 Å². The molecule has 0 N–H and O–H groups in total. The van der Waals surface area contributed by atoms with Crippen LogP contribution in [0.2, 0.25) is 0 Å². The molecule has 0 aromatic heterocycles. The molecule has 0 spiro atoms. The van der Waals surface area contributed by atoms with Crippen molar-refractivity contribution in [3.8, 4) is 0 Å². The monoisotopic (exact) mass is 178 g/mol. The van der Waals surface area contributed by atoms with E-state index in [1.807, 2.05) is 0 Å². The molecule has 0 amide bonds. The van der Waals surface area contributed by atoms with E-state index < -0.39 is 0 Å². The standard InChI is InChI=1S/C6H13NO5/c8-11-12-10-6-3-7-1-4-9-5-2-7/h8H,1-6H2/p-1. The van der Waals surface area contributed by atoms with Crippen molar-refractivity contribution >= 4 is 0 Å². The molecular formula is C6H12NO5-. The second kappa shape index (κ2) is 6.30. The first-order valence-corrected chi connectivity index (χ1v) is 3.81. The fourth-order valence-corrected chi connectivity index (χ4v) is 1.04. The Morgan fingerprint density at radius 2 is 2.08 bits per heavy atom. The van der Waals surface area contributed by atoms with Gasteiger partial charge >= 0.3 is 0 Å². The molecule has 0 aliphatic carbocycles. The minimum Gasteiger partial charge on any atom is -0.690 e. The Morgan fingerprint density at radius 3 is 2.75 bits per heavy atom. The van der Waals surface area contributed by atoms with E-state index in [-0.39, 0.29) is 0 Å². The third kappa shape index (κ3) is 3.96. The Kier molecular flexibility index (Phi) is 5.16. The van der Waals surface area contributed by atoms with Gasteiger partial charge in [-0.15, -0.1) is 0 Å². The molecule has 6 nitrogen and oxygen atoms in total. The maximum atomic E-state index is 9.30. The van der Waals surface area contributed by atoms with Crippen LogP contribution in [0.15, 0.2) is 0 Å². The van der Waals surface area contributed by atoms with Gasteiger partial charge in [0.15, 0.2) is 0 Å². The van der Waals surface area contributed by atoms with Gasteiger partial charge in [0.25, 0.3) is 0 Å². The molecule has 0 aromatic rings. The predicted octanol–water partition coefficient (Wildman–Crippen LogP) is -1.53. The smallest absolute Gasteiger partial charge is 0.0980 e. The summed E-state index contributed by atoms with van der Waals surface area (Å²) in [6.07, 6.45) is 0. The molecule has 0 aromatic carbocycles. The third-order valence-electron chi connectivity index (χ3n) is 1.67. The lowest BCUT2D eigenvalue weighted by molar-refractivity contribution is -0.849. The Bertz CT molecular complexity index is 106. The molecule has 1 saturated heterocycles. The van der Waals surface area contributed by atoms with Crippen molar-refractivity contribution < 1.29 is 25.0 Å². The summed E-state index contributed by atoms with van der Waals surface area (Å²) in [5, 5.41) is 16.0. The normalized spacial score (nSPS) is 19.8. The molecule has 0 atom stereocenters. The summed E-state index contributed by atoms with van der Waals surface area (Å²) in [5.74, 6) is 0. The molecule has 1 rings (SSSR count). The molecule has 1 aliphatic heterocycles. The van der Waals surface area contributed by atoms with Gasteiger partial charge in [0.05, 0.1) is 19.8 Å². The fraction of sp³-hybridized carbons (Fsp3) is 1.00. The lowest BCUT2D eigenvalue weighted by atomic mass is 10.4. The zero-order valence-corrected chi connectivity index (χ0v) is 6.73. The van der Waals surface area contributed by atoms with E-state index in [4.69, 9.17) is 4.74 Å². The minimum absolute atomic E-state index is 0.322. The zero-order chi connectivity index (χ0) is 8.65. The number of rotatable bonds is 5. The average molecular weight is 178 g/mol. The molecule has 1 fully saturated rings. The van der Waals surface area contributed by atoms with Crippen molar-refractivity contribution in [1.82, 2.24) is 4.90 Å². The molecule has 72 valence electrons. The average Bonchev–Trinajstić information content (AvgIpc) is 2.14. The Morgan fingerprint density at radius 1 is 1.33 bits per heavy atom. The van der Waals surface area contributed by atoms with Crippen molar-refractivity contribution in [2.45, 2.75) is 0 Å². The van der Waals surface area contributed by atoms with E-state index >= 15 is 0 Å². The first-order chi connectivity index (χ1) is 5.93. The summed E-state index contributed by atoms with van der Waals surface area (Å²) in [6, 6.07) is 0. The lowest BCUT2D eigenvalue weighted by Gasteiger charge is -2.25. The minimum atomic E-state index is 0.322. The highest BCUT2D eigenvalue weighted by atomic mass is 17.6. The van der Waals surface area contributed by atoms with Gasteiger partial charge in [-0.1, -0.05) is 5.04 Å². The summed E-state index contributed by atoms with van der Waals surface area (Å²) in [7, 11) is 0. The maximum absolute atomic E-state index is 9.30. The Labute approximate surface area is 70.4 Å². The molecular weight excluding hydrogens is 166 g/mol. The molecule has 12 heavy (non-hydrogen) atoms.